The molecular formula is C16H8ClNO4. The van der Waals surface area contributed by atoms with Gasteiger partial charge in [-0.1, -0.05) is 35.9 Å². The first-order chi connectivity index (χ1) is 10.5. The zero-order valence-electron chi connectivity index (χ0n) is 11.1. The molecule has 0 unspecified atom stereocenters. The molecule has 3 rings (SSSR count). The van der Waals surface area contributed by atoms with Gasteiger partial charge in [0.1, 0.15) is 10.7 Å². The maximum absolute atomic E-state index is 12.4. The highest BCUT2D eigenvalue weighted by Crippen LogP contribution is 2.27. The van der Waals surface area contributed by atoms with E-state index in [4.69, 9.17) is 11.6 Å². The molecule has 0 radical (unpaired) electrons. The Morgan fingerprint density at radius 1 is 0.864 bits per heavy atom. The number of benzene rings is 1. The zero-order chi connectivity index (χ0) is 15.9. The summed E-state index contributed by atoms with van der Waals surface area (Å²) in [6, 6.07) is 6.26. The van der Waals surface area contributed by atoms with Crippen molar-refractivity contribution in [2.24, 2.45) is 0 Å². The smallest absolute Gasteiger partial charge is 0.211 e. The van der Waals surface area contributed by atoms with Crippen LogP contribution in [-0.4, -0.2) is 23.1 Å². The number of nitrogens with one attached hydrogen (secondary N) is 1. The maximum atomic E-state index is 12.4. The van der Waals surface area contributed by atoms with Crippen molar-refractivity contribution < 1.29 is 19.2 Å². The lowest BCUT2D eigenvalue weighted by atomic mass is 9.92. The van der Waals surface area contributed by atoms with Crippen molar-refractivity contribution in [3.63, 3.8) is 0 Å². The van der Waals surface area contributed by atoms with Crippen LogP contribution in [0.1, 0.15) is 20.7 Å². The summed E-state index contributed by atoms with van der Waals surface area (Å²) in [5, 5.41) is 2.22. The normalized spacial score (nSPS) is 17.6. The van der Waals surface area contributed by atoms with E-state index in [1.165, 1.54) is 12.1 Å². The Bertz CT molecular complexity index is 845. The Balaban J connectivity index is 2.03. The Morgan fingerprint density at radius 3 is 2.18 bits per heavy atom. The number of hydrogen-bond acceptors (Lipinski definition) is 5. The summed E-state index contributed by atoms with van der Waals surface area (Å²) in [5.41, 5.74) is 0.113. The molecule has 1 N–H and O–H groups in total. The number of hydrogen-bond donors (Lipinski definition) is 1. The summed E-state index contributed by atoms with van der Waals surface area (Å²) in [6.07, 6.45) is 3.26. The Morgan fingerprint density at radius 2 is 1.50 bits per heavy atom. The van der Waals surface area contributed by atoms with Crippen molar-refractivity contribution in [2.45, 2.75) is 0 Å². The Labute approximate surface area is 129 Å². The number of ketones is 4. The molecule has 22 heavy (non-hydrogen) atoms. The average molecular weight is 314 g/mol. The molecule has 0 bridgehead atoms. The van der Waals surface area contributed by atoms with Gasteiger partial charge >= 0.3 is 0 Å². The molecule has 0 aliphatic heterocycles. The van der Waals surface area contributed by atoms with E-state index in [-0.39, 0.29) is 27.6 Å². The minimum absolute atomic E-state index is 0.0961. The van der Waals surface area contributed by atoms with E-state index in [1.54, 1.807) is 12.1 Å². The fourth-order valence-electron chi connectivity index (χ4n) is 2.20. The third kappa shape index (κ3) is 2.21. The quantitative estimate of drug-likeness (QED) is 0.841. The highest BCUT2D eigenvalue weighted by molar-refractivity contribution is 6.50. The fourth-order valence-corrected chi connectivity index (χ4v) is 2.43. The molecule has 0 saturated carbocycles. The molecule has 0 fully saturated rings. The third-order valence-electron chi connectivity index (χ3n) is 3.27. The molecule has 6 heteroatoms. The minimum Gasteiger partial charge on any atom is -0.348 e. The highest BCUT2D eigenvalue weighted by atomic mass is 35.5. The second-order valence-corrected chi connectivity index (χ2v) is 5.05. The van der Waals surface area contributed by atoms with E-state index < -0.39 is 23.1 Å². The molecule has 0 saturated heterocycles. The number of carbonyl (C=O) groups is 4. The molecular weight excluding hydrogens is 306 g/mol. The minimum atomic E-state index is -0.509. The van der Waals surface area contributed by atoms with Gasteiger partial charge in [0.25, 0.3) is 0 Å². The number of rotatable bonds is 2. The van der Waals surface area contributed by atoms with Gasteiger partial charge in [0.15, 0.2) is 5.78 Å². The van der Waals surface area contributed by atoms with Crippen molar-refractivity contribution in [2.75, 3.05) is 0 Å². The van der Waals surface area contributed by atoms with E-state index in [9.17, 15) is 19.2 Å². The monoisotopic (exact) mass is 313 g/mol. The Kier molecular flexibility index (Phi) is 3.35. The van der Waals surface area contributed by atoms with Crippen LogP contribution in [-0.2, 0) is 9.59 Å². The van der Waals surface area contributed by atoms with Crippen molar-refractivity contribution >= 4 is 34.7 Å². The lowest BCUT2D eigenvalue weighted by molar-refractivity contribution is -0.114. The van der Waals surface area contributed by atoms with Crippen LogP contribution in [0, 0.1) is 0 Å². The van der Waals surface area contributed by atoms with Crippen molar-refractivity contribution in [3.05, 3.63) is 70.0 Å². The second kappa shape index (κ2) is 5.20. The molecule has 1 aromatic carbocycles. The first-order valence-electron chi connectivity index (χ1n) is 6.32. The number of halogens is 1. The maximum Gasteiger partial charge on any atom is 0.211 e. The van der Waals surface area contributed by atoms with Crippen LogP contribution < -0.4 is 5.32 Å². The van der Waals surface area contributed by atoms with E-state index in [0.29, 0.717) is 0 Å². The number of fused-ring (bicyclic) bond motifs is 1. The molecule has 0 amide bonds. The average Bonchev–Trinajstić information content (AvgIpc) is 2.52. The fraction of sp³-hybridized carbons (Fsp3) is 0. The Hall–Kier alpha value is -2.79. The molecule has 2 aliphatic rings. The summed E-state index contributed by atoms with van der Waals surface area (Å²) >= 11 is 5.96. The van der Waals surface area contributed by atoms with Gasteiger partial charge in [-0.3, -0.25) is 19.2 Å². The van der Waals surface area contributed by atoms with Crippen LogP contribution in [0.2, 0.25) is 0 Å². The van der Waals surface area contributed by atoms with E-state index in [0.717, 1.165) is 18.2 Å². The van der Waals surface area contributed by atoms with Gasteiger partial charge in [-0.05, 0) is 12.2 Å². The largest absolute Gasteiger partial charge is 0.348 e. The van der Waals surface area contributed by atoms with Crippen LogP contribution >= 0.6 is 11.6 Å². The predicted molar refractivity (Wildman–Crippen MR) is 78.4 cm³/mol. The molecule has 0 heterocycles. The van der Waals surface area contributed by atoms with E-state index in [1.807, 2.05) is 0 Å². The number of allylic oxidation sites excluding steroid dienone is 5. The lowest BCUT2D eigenvalue weighted by Crippen LogP contribution is -2.31. The third-order valence-corrected chi connectivity index (χ3v) is 3.63. The second-order valence-electron chi connectivity index (χ2n) is 4.68. The van der Waals surface area contributed by atoms with Crippen molar-refractivity contribution in [3.8, 4) is 0 Å². The molecule has 0 atom stereocenters. The van der Waals surface area contributed by atoms with Gasteiger partial charge in [0.05, 0.1) is 5.70 Å². The van der Waals surface area contributed by atoms with Gasteiger partial charge in [-0.25, -0.2) is 0 Å². The number of carbonyl (C=O) groups excluding carboxylic acids is 4. The molecule has 108 valence electrons. The van der Waals surface area contributed by atoms with Crippen LogP contribution in [0.3, 0.4) is 0 Å². The first-order valence-corrected chi connectivity index (χ1v) is 6.70. The van der Waals surface area contributed by atoms with Gasteiger partial charge in [-0.15, -0.1) is 0 Å². The van der Waals surface area contributed by atoms with Gasteiger partial charge in [-0.2, -0.15) is 0 Å². The lowest BCUT2D eigenvalue weighted by Gasteiger charge is -2.19. The standard InChI is InChI=1S/C16H8ClNO4/c17-13-14(18-11-7-8(19)5-6-12(11)20)16(22)10-4-2-1-3-9(10)15(13)21/h1-7,18H. The van der Waals surface area contributed by atoms with Crippen molar-refractivity contribution in [1.82, 2.24) is 5.32 Å². The molecule has 0 spiro atoms. The van der Waals surface area contributed by atoms with Gasteiger partial charge in [0, 0.05) is 17.2 Å². The van der Waals surface area contributed by atoms with E-state index >= 15 is 0 Å². The van der Waals surface area contributed by atoms with Crippen LogP contribution in [0.15, 0.2) is 58.9 Å². The first kappa shape index (κ1) is 14.2. The number of Topliss-reactive ketones (excluding diaryl/α,β-unsaturated/α-hetero) is 2. The summed E-state index contributed by atoms with van der Waals surface area (Å²) in [6.45, 7) is 0. The zero-order valence-corrected chi connectivity index (χ0v) is 11.8. The predicted octanol–water partition coefficient (Wildman–Crippen LogP) is 1.70. The molecule has 0 aromatic heterocycles. The molecule has 5 nitrogen and oxygen atoms in total. The van der Waals surface area contributed by atoms with E-state index in [2.05, 4.69) is 5.32 Å². The van der Waals surface area contributed by atoms with Crippen molar-refractivity contribution in [1.29, 1.82) is 0 Å². The highest BCUT2D eigenvalue weighted by Gasteiger charge is 2.32. The summed E-state index contributed by atoms with van der Waals surface area (Å²) in [5.74, 6) is -1.88. The molecule has 1 aromatic rings. The van der Waals surface area contributed by atoms with Crippen LogP contribution in [0.4, 0.5) is 0 Å². The van der Waals surface area contributed by atoms with Crippen LogP contribution in [0.25, 0.3) is 0 Å². The van der Waals surface area contributed by atoms with Crippen LogP contribution in [0.5, 0.6) is 0 Å². The van der Waals surface area contributed by atoms with Gasteiger partial charge in [0.2, 0.25) is 17.3 Å². The van der Waals surface area contributed by atoms with Gasteiger partial charge < -0.3 is 5.32 Å². The summed E-state index contributed by atoms with van der Waals surface area (Å²) in [4.78, 5) is 47.7. The summed E-state index contributed by atoms with van der Waals surface area (Å²) in [7, 11) is 0. The SMILES string of the molecule is O=C1C=CC(=O)C(NC2=C(Cl)C(=O)c3ccccc3C2=O)=C1. The molecule has 2 aliphatic carbocycles. The topological polar surface area (TPSA) is 80.3 Å². The summed E-state index contributed by atoms with van der Waals surface area (Å²) < 4.78 is 0.